The van der Waals surface area contributed by atoms with Gasteiger partial charge >= 0.3 is 0 Å². The zero-order valence-electron chi connectivity index (χ0n) is 15.5. The second-order valence-corrected chi connectivity index (χ2v) is 6.59. The van der Waals surface area contributed by atoms with Crippen LogP contribution >= 0.6 is 11.6 Å². The lowest BCUT2D eigenvalue weighted by molar-refractivity contribution is 0.0948. The zero-order valence-corrected chi connectivity index (χ0v) is 16.2. The van der Waals surface area contributed by atoms with Crippen molar-refractivity contribution in [3.8, 4) is 17.2 Å². The van der Waals surface area contributed by atoms with Gasteiger partial charge in [0.05, 0.1) is 12.1 Å². The lowest BCUT2D eigenvalue weighted by Gasteiger charge is -2.13. The topological polar surface area (TPSA) is 47.6 Å². The Balaban J connectivity index is 1.77. The van der Waals surface area contributed by atoms with Gasteiger partial charge in [0.15, 0.2) is 11.6 Å². The highest BCUT2D eigenvalue weighted by molar-refractivity contribution is 6.34. The number of hydrogen-bond donors (Lipinski definition) is 1. The van der Waals surface area contributed by atoms with Gasteiger partial charge in [-0.25, -0.2) is 4.39 Å². The number of halogens is 2. The highest BCUT2D eigenvalue weighted by atomic mass is 35.5. The number of ether oxygens (including phenoxy) is 2. The first-order valence-electron chi connectivity index (χ1n) is 8.61. The number of carbonyl (C=O) groups excluding carboxylic acids is 1. The van der Waals surface area contributed by atoms with E-state index in [1.165, 1.54) is 19.2 Å². The van der Waals surface area contributed by atoms with Crippen molar-refractivity contribution >= 4 is 17.5 Å². The minimum Gasteiger partial charge on any atom is -0.494 e. The van der Waals surface area contributed by atoms with E-state index in [1.807, 2.05) is 31.2 Å². The van der Waals surface area contributed by atoms with Crippen molar-refractivity contribution in [2.75, 3.05) is 7.11 Å². The molecule has 0 aromatic heterocycles. The molecule has 144 valence electrons. The molecule has 0 unspecified atom stereocenters. The van der Waals surface area contributed by atoms with Gasteiger partial charge in [-0.05, 0) is 48.9 Å². The van der Waals surface area contributed by atoms with Crippen molar-refractivity contribution in [3.63, 3.8) is 0 Å². The summed E-state index contributed by atoms with van der Waals surface area (Å²) in [6, 6.07) is 17.0. The van der Waals surface area contributed by atoms with E-state index >= 15 is 0 Å². The standard InChI is InChI=1S/C22H19ClFNO3/c1-14-6-9-16(10-7-14)28-20-5-3-4-17(23)21(20)22(26)25-13-15-8-11-19(27-2)18(24)12-15/h3-12H,13H2,1-2H3,(H,25,26). The number of benzene rings is 3. The van der Waals surface area contributed by atoms with Crippen molar-refractivity contribution in [3.05, 3.63) is 88.2 Å². The van der Waals surface area contributed by atoms with Crippen molar-refractivity contribution in [2.45, 2.75) is 13.5 Å². The summed E-state index contributed by atoms with van der Waals surface area (Å²) in [6.45, 7) is 2.11. The molecular formula is C22H19ClFNO3. The Kier molecular flexibility index (Phi) is 6.16. The van der Waals surface area contributed by atoms with Crippen molar-refractivity contribution in [1.29, 1.82) is 0 Å². The van der Waals surface area contributed by atoms with Gasteiger partial charge in [0, 0.05) is 6.54 Å². The maximum atomic E-state index is 13.8. The highest BCUT2D eigenvalue weighted by Crippen LogP contribution is 2.30. The van der Waals surface area contributed by atoms with E-state index in [0.29, 0.717) is 17.1 Å². The zero-order chi connectivity index (χ0) is 20.1. The molecule has 0 bridgehead atoms. The number of rotatable bonds is 6. The van der Waals surface area contributed by atoms with E-state index in [4.69, 9.17) is 21.1 Å². The van der Waals surface area contributed by atoms with Crippen LogP contribution in [0, 0.1) is 12.7 Å². The van der Waals surface area contributed by atoms with Gasteiger partial charge in [-0.3, -0.25) is 4.79 Å². The molecule has 0 heterocycles. The second-order valence-electron chi connectivity index (χ2n) is 6.18. The fraction of sp³-hybridized carbons (Fsp3) is 0.136. The van der Waals surface area contributed by atoms with Gasteiger partial charge in [0.25, 0.3) is 5.91 Å². The first-order chi connectivity index (χ1) is 13.5. The Hall–Kier alpha value is -3.05. The van der Waals surface area contributed by atoms with Gasteiger partial charge in [-0.2, -0.15) is 0 Å². The van der Waals surface area contributed by atoms with Crippen LogP contribution in [0.1, 0.15) is 21.5 Å². The Morgan fingerprint density at radius 1 is 1.07 bits per heavy atom. The van der Waals surface area contributed by atoms with Crippen LogP contribution in [0.25, 0.3) is 0 Å². The molecule has 0 aliphatic heterocycles. The molecule has 3 aromatic rings. The normalized spacial score (nSPS) is 10.4. The molecule has 0 saturated carbocycles. The summed E-state index contributed by atoms with van der Waals surface area (Å²) in [5, 5.41) is 3.01. The van der Waals surface area contributed by atoms with Crippen LogP contribution in [0.2, 0.25) is 5.02 Å². The van der Waals surface area contributed by atoms with Crippen LogP contribution in [0.15, 0.2) is 60.7 Å². The van der Waals surface area contributed by atoms with Gasteiger partial charge in [-0.1, -0.05) is 41.4 Å². The van der Waals surface area contributed by atoms with Crippen LogP contribution in [-0.2, 0) is 6.54 Å². The summed E-state index contributed by atoms with van der Waals surface area (Å²) in [7, 11) is 1.40. The first-order valence-corrected chi connectivity index (χ1v) is 8.99. The third kappa shape index (κ3) is 4.61. The van der Waals surface area contributed by atoms with E-state index in [1.54, 1.807) is 24.3 Å². The van der Waals surface area contributed by atoms with Crippen molar-refractivity contribution in [2.24, 2.45) is 0 Å². The Labute approximate surface area is 167 Å². The lowest BCUT2D eigenvalue weighted by atomic mass is 10.1. The molecule has 0 fully saturated rings. The molecule has 6 heteroatoms. The number of carbonyl (C=O) groups is 1. The number of amides is 1. The summed E-state index contributed by atoms with van der Waals surface area (Å²) in [4.78, 5) is 12.7. The Morgan fingerprint density at radius 2 is 1.82 bits per heavy atom. The average Bonchev–Trinajstić information content (AvgIpc) is 2.68. The van der Waals surface area contributed by atoms with Crippen LogP contribution in [0.5, 0.6) is 17.2 Å². The van der Waals surface area contributed by atoms with E-state index in [-0.39, 0.29) is 22.9 Å². The predicted octanol–water partition coefficient (Wildman–Crippen LogP) is 5.52. The maximum absolute atomic E-state index is 13.8. The summed E-state index contributed by atoms with van der Waals surface area (Å²) in [5.41, 5.74) is 1.92. The van der Waals surface area contributed by atoms with Gasteiger partial charge in [0.1, 0.15) is 17.1 Å². The molecule has 3 aromatic carbocycles. The third-order valence-electron chi connectivity index (χ3n) is 4.12. The van der Waals surface area contributed by atoms with Crippen LogP contribution in [-0.4, -0.2) is 13.0 Å². The largest absolute Gasteiger partial charge is 0.494 e. The molecule has 0 atom stereocenters. The van der Waals surface area contributed by atoms with Crippen LogP contribution < -0.4 is 14.8 Å². The van der Waals surface area contributed by atoms with E-state index in [0.717, 1.165) is 5.56 Å². The minimum atomic E-state index is -0.490. The van der Waals surface area contributed by atoms with Crippen molar-refractivity contribution in [1.82, 2.24) is 5.32 Å². The molecule has 0 radical (unpaired) electrons. The summed E-state index contributed by atoms with van der Waals surface area (Å²) in [5.74, 6) is 0.184. The van der Waals surface area contributed by atoms with E-state index in [2.05, 4.69) is 5.32 Å². The summed E-state index contributed by atoms with van der Waals surface area (Å²) < 4.78 is 24.6. The van der Waals surface area contributed by atoms with Gasteiger partial charge in [-0.15, -0.1) is 0 Å². The maximum Gasteiger partial charge on any atom is 0.256 e. The monoisotopic (exact) mass is 399 g/mol. The number of aryl methyl sites for hydroxylation is 1. The molecule has 0 aliphatic rings. The Morgan fingerprint density at radius 3 is 2.50 bits per heavy atom. The second kappa shape index (κ2) is 8.76. The van der Waals surface area contributed by atoms with E-state index in [9.17, 15) is 9.18 Å². The quantitative estimate of drug-likeness (QED) is 0.593. The third-order valence-corrected chi connectivity index (χ3v) is 4.44. The predicted molar refractivity (Wildman–Crippen MR) is 107 cm³/mol. The molecule has 1 N–H and O–H groups in total. The highest BCUT2D eigenvalue weighted by Gasteiger charge is 2.17. The lowest BCUT2D eigenvalue weighted by Crippen LogP contribution is -2.23. The molecular weight excluding hydrogens is 381 g/mol. The molecule has 28 heavy (non-hydrogen) atoms. The molecule has 0 saturated heterocycles. The smallest absolute Gasteiger partial charge is 0.256 e. The average molecular weight is 400 g/mol. The molecule has 1 amide bonds. The summed E-state index contributed by atoms with van der Waals surface area (Å²) >= 11 is 6.24. The fourth-order valence-electron chi connectivity index (χ4n) is 2.63. The minimum absolute atomic E-state index is 0.134. The van der Waals surface area contributed by atoms with Crippen LogP contribution in [0.3, 0.4) is 0 Å². The molecule has 0 aliphatic carbocycles. The number of hydrogen-bond acceptors (Lipinski definition) is 3. The van der Waals surface area contributed by atoms with Crippen molar-refractivity contribution < 1.29 is 18.7 Å². The number of nitrogens with one attached hydrogen (secondary N) is 1. The van der Waals surface area contributed by atoms with Crippen LogP contribution in [0.4, 0.5) is 4.39 Å². The fourth-order valence-corrected chi connectivity index (χ4v) is 2.89. The van der Waals surface area contributed by atoms with Gasteiger partial charge in [0.2, 0.25) is 0 Å². The molecule has 0 spiro atoms. The van der Waals surface area contributed by atoms with E-state index < -0.39 is 11.7 Å². The summed E-state index contributed by atoms with van der Waals surface area (Å²) in [6.07, 6.45) is 0. The molecule has 3 rings (SSSR count). The SMILES string of the molecule is COc1ccc(CNC(=O)c2c(Cl)cccc2Oc2ccc(C)cc2)cc1F. The first kappa shape index (κ1) is 19.7. The molecule has 4 nitrogen and oxygen atoms in total. The number of methoxy groups -OCH3 is 1. The van der Waals surface area contributed by atoms with Gasteiger partial charge < -0.3 is 14.8 Å². The Bertz CT molecular complexity index is 990.